The molecule has 0 N–H and O–H groups in total. The lowest BCUT2D eigenvalue weighted by atomic mass is 9.92. The van der Waals surface area contributed by atoms with Crippen LogP contribution in [0.1, 0.15) is 41.0 Å². The summed E-state index contributed by atoms with van der Waals surface area (Å²) in [6.07, 6.45) is 5.74. The summed E-state index contributed by atoms with van der Waals surface area (Å²) in [5.41, 5.74) is 0.450. The monoisotopic (exact) mass is 140 g/mol. The summed E-state index contributed by atoms with van der Waals surface area (Å²) >= 11 is 0. The van der Waals surface area contributed by atoms with Gasteiger partial charge in [0.05, 0.1) is 0 Å². The van der Waals surface area contributed by atoms with Gasteiger partial charge in [0.2, 0.25) is 0 Å². The zero-order chi connectivity index (χ0) is 8.20. The van der Waals surface area contributed by atoms with Crippen LogP contribution < -0.4 is 0 Å². The maximum absolute atomic E-state index is 2.28. The fraction of sp³-hybridized carbons (Fsp3) is 0.800. The van der Waals surface area contributed by atoms with E-state index < -0.39 is 0 Å². The summed E-state index contributed by atoms with van der Waals surface area (Å²) in [6.45, 7) is 11.2. The number of hydrogen-bond donors (Lipinski definition) is 0. The van der Waals surface area contributed by atoms with Crippen molar-refractivity contribution in [3.05, 3.63) is 12.2 Å². The molecule has 0 radical (unpaired) electrons. The van der Waals surface area contributed by atoms with Crippen molar-refractivity contribution in [1.29, 1.82) is 0 Å². The molecule has 10 heavy (non-hydrogen) atoms. The van der Waals surface area contributed by atoms with Crippen molar-refractivity contribution in [3.63, 3.8) is 0 Å². The summed E-state index contributed by atoms with van der Waals surface area (Å²) in [7, 11) is 0. The first-order valence-electron chi connectivity index (χ1n) is 4.08. The molecule has 0 fully saturated rings. The van der Waals surface area contributed by atoms with E-state index in [4.69, 9.17) is 0 Å². The molecule has 0 bridgehead atoms. The normalized spacial score (nSPS) is 13.4. The zero-order valence-electron chi connectivity index (χ0n) is 7.94. The Morgan fingerprint density at radius 1 is 1.20 bits per heavy atom. The Hall–Kier alpha value is -0.260. The van der Waals surface area contributed by atoms with Crippen LogP contribution in [-0.4, -0.2) is 0 Å². The van der Waals surface area contributed by atoms with Crippen molar-refractivity contribution in [1.82, 2.24) is 0 Å². The topological polar surface area (TPSA) is 0 Å². The Morgan fingerprint density at radius 2 is 1.70 bits per heavy atom. The standard InChI is InChI=1S/C10H20/c1-9(2)7-6-8-10(3,4)5/h6-7,9H,8H2,1-5H3/b7-6-. The minimum absolute atomic E-state index is 0.450. The van der Waals surface area contributed by atoms with Gasteiger partial charge in [-0.25, -0.2) is 0 Å². The minimum atomic E-state index is 0.450. The van der Waals surface area contributed by atoms with Gasteiger partial charge >= 0.3 is 0 Å². The number of hydrogen-bond acceptors (Lipinski definition) is 0. The highest BCUT2D eigenvalue weighted by Crippen LogP contribution is 2.18. The first kappa shape index (κ1) is 9.74. The Kier molecular flexibility index (Phi) is 3.70. The molecule has 0 atom stereocenters. The van der Waals surface area contributed by atoms with Gasteiger partial charge < -0.3 is 0 Å². The number of rotatable bonds is 2. The quantitative estimate of drug-likeness (QED) is 0.514. The van der Waals surface area contributed by atoms with Crippen LogP contribution >= 0.6 is 0 Å². The molecule has 60 valence electrons. The molecule has 0 aliphatic carbocycles. The Bertz CT molecular complexity index is 102. The summed E-state index contributed by atoms with van der Waals surface area (Å²) < 4.78 is 0. The van der Waals surface area contributed by atoms with Gasteiger partial charge in [-0.1, -0.05) is 46.8 Å². The molecule has 0 nitrogen and oxygen atoms in total. The lowest BCUT2D eigenvalue weighted by Gasteiger charge is -2.14. The van der Waals surface area contributed by atoms with Gasteiger partial charge in [-0.05, 0) is 17.8 Å². The average Bonchev–Trinajstić information content (AvgIpc) is 1.59. The van der Waals surface area contributed by atoms with Crippen LogP contribution in [0.25, 0.3) is 0 Å². The second-order valence-corrected chi connectivity index (χ2v) is 4.44. The predicted molar refractivity (Wildman–Crippen MR) is 48.1 cm³/mol. The Balaban J connectivity index is 3.54. The highest BCUT2D eigenvalue weighted by atomic mass is 14.1. The summed E-state index contributed by atoms with van der Waals surface area (Å²) in [4.78, 5) is 0. The van der Waals surface area contributed by atoms with E-state index in [1.807, 2.05) is 0 Å². The molecule has 0 saturated carbocycles. The molecule has 0 aliphatic rings. The summed E-state index contributed by atoms with van der Waals surface area (Å²) in [6, 6.07) is 0. The highest BCUT2D eigenvalue weighted by molar-refractivity contribution is 4.87. The molecule has 0 amide bonds. The smallest absolute Gasteiger partial charge is 0.0290 e. The van der Waals surface area contributed by atoms with Crippen LogP contribution in [0.5, 0.6) is 0 Å². The van der Waals surface area contributed by atoms with Crippen molar-refractivity contribution in [2.24, 2.45) is 11.3 Å². The van der Waals surface area contributed by atoms with Crippen molar-refractivity contribution in [3.8, 4) is 0 Å². The third kappa shape index (κ3) is 7.74. The fourth-order valence-electron chi connectivity index (χ4n) is 0.694. The van der Waals surface area contributed by atoms with Crippen LogP contribution in [-0.2, 0) is 0 Å². The zero-order valence-corrected chi connectivity index (χ0v) is 7.94. The van der Waals surface area contributed by atoms with E-state index in [1.165, 1.54) is 6.42 Å². The second kappa shape index (κ2) is 3.80. The van der Waals surface area contributed by atoms with Gasteiger partial charge in [-0.15, -0.1) is 0 Å². The van der Waals surface area contributed by atoms with Crippen molar-refractivity contribution in [2.45, 2.75) is 41.0 Å². The first-order chi connectivity index (χ1) is 4.42. The van der Waals surface area contributed by atoms with E-state index in [1.54, 1.807) is 0 Å². The van der Waals surface area contributed by atoms with Gasteiger partial charge in [0.1, 0.15) is 0 Å². The van der Waals surface area contributed by atoms with Crippen LogP contribution in [0.2, 0.25) is 0 Å². The predicted octanol–water partition coefficient (Wildman–Crippen LogP) is 3.63. The molecule has 0 heteroatoms. The van der Waals surface area contributed by atoms with Gasteiger partial charge in [0.15, 0.2) is 0 Å². The van der Waals surface area contributed by atoms with Gasteiger partial charge in [-0.2, -0.15) is 0 Å². The van der Waals surface area contributed by atoms with Gasteiger partial charge in [0.25, 0.3) is 0 Å². The van der Waals surface area contributed by atoms with Gasteiger partial charge in [-0.3, -0.25) is 0 Å². The van der Waals surface area contributed by atoms with Crippen LogP contribution in [0.3, 0.4) is 0 Å². The van der Waals surface area contributed by atoms with Crippen LogP contribution in [0.15, 0.2) is 12.2 Å². The summed E-state index contributed by atoms with van der Waals surface area (Å²) in [5, 5.41) is 0. The molecule has 0 aliphatic heterocycles. The van der Waals surface area contributed by atoms with E-state index >= 15 is 0 Å². The van der Waals surface area contributed by atoms with E-state index in [2.05, 4.69) is 46.8 Å². The molecular formula is C10H20. The second-order valence-electron chi connectivity index (χ2n) is 4.44. The molecule has 0 heterocycles. The van der Waals surface area contributed by atoms with Gasteiger partial charge in [0, 0.05) is 0 Å². The third-order valence-electron chi connectivity index (χ3n) is 1.25. The number of allylic oxidation sites excluding steroid dienone is 2. The van der Waals surface area contributed by atoms with Crippen LogP contribution in [0, 0.1) is 11.3 Å². The van der Waals surface area contributed by atoms with E-state index in [0.29, 0.717) is 11.3 Å². The molecule has 0 spiro atoms. The van der Waals surface area contributed by atoms with Crippen molar-refractivity contribution < 1.29 is 0 Å². The first-order valence-corrected chi connectivity index (χ1v) is 4.08. The minimum Gasteiger partial charge on any atom is -0.0878 e. The molecule has 0 aromatic carbocycles. The lowest BCUT2D eigenvalue weighted by molar-refractivity contribution is 0.419. The maximum atomic E-state index is 2.28. The SMILES string of the molecule is CC(C)/C=C\CC(C)(C)C. The lowest BCUT2D eigenvalue weighted by Crippen LogP contribution is -2.01. The average molecular weight is 140 g/mol. The Labute approximate surface area is 65.3 Å². The molecule has 0 rings (SSSR count). The summed E-state index contributed by atoms with van der Waals surface area (Å²) in [5.74, 6) is 0.697. The third-order valence-corrected chi connectivity index (χ3v) is 1.25. The molecule has 0 unspecified atom stereocenters. The van der Waals surface area contributed by atoms with Crippen molar-refractivity contribution in [2.75, 3.05) is 0 Å². The Morgan fingerprint density at radius 3 is 2.00 bits per heavy atom. The fourth-order valence-corrected chi connectivity index (χ4v) is 0.694. The van der Waals surface area contributed by atoms with E-state index in [0.717, 1.165) is 0 Å². The van der Waals surface area contributed by atoms with E-state index in [-0.39, 0.29) is 0 Å². The van der Waals surface area contributed by atoms with Crippen molar-refractivity contribution >= 4 is 0 Å². The highest BCUT2D eigenvalue weighted by Gasteiger charge is 2.05. The van der Waals surface area contributed by atoms with E-state index in [9.17, 15) is 0 Å². The molecule has 0 saturated heterocycles. The maximum Gasteiger partial charge on any atom is -0.0290 e. The largest absolute Gasteiger partial charge is 0.0878 e. The molecule has 0 aromatic rings. The van der Waals surface area contributed by atoms with Crippen LogP contribution in [0.4, 0.5) is 0 Å². The molecule has 0 aromatic heterocycles. The molecular weight excluding hydrogens is 120 g/mol.